The molecule has 0 bridgehead atoms. The van der Waals surface area contributed by atoms with Crippen LogP contribution in [0, 0.1) is 12.3 Å². The summed E-state index contributed by atoms with van der Waals surface area (Å²) in [4.78, 5) is 9.02. The SMILES string of the molecule is CC/C(C)=c1/ccnc(COC)/c1=C/NCc1cc(C)c(OCC(C)(CC)C(C)F)cn1. The molecule has 2 aromatic heterocycles. The van der Waals surface area contributed by atoms with Gasteiger partial charge in [0.15, 0.2) is 0 Å². The van der Waals surface area contributed by atoms with Crippen molar-refractivity contribution >= 4 is 11.8 Å². The van der Waals surface area contributed by atoms with E-state index in [1.807, 2.05) is 45.3 Å². The summed E-state index contributed by atoms with van der Waals surface area (Å²) in [6.45, 7) is 13.1. The largest absolute Gasteiger partial charge is 0.491 e. The molecule has 5 nitrogen and oxygen atoms in total. The first-order chi connectivity index (χ1) is 15.3. The molecule has 2 unspecified atom stereocenters. The van der Waals surface area contributed by atoms with Gasteiger partial charge in [-0.3, -0.25) is 9.97 Å². The lowest BCUT2D eigenvalue weighted by Gasteiger charge is -2.29. The summed E-state index contributed by atoms with van der Waals surface area (Å²) in [5, 5.41) is 5.60. The number of halogens is 1. The van der Waals surface area contributed by atoms with E-state index in [1.54, 1.807) is 20.2 Å². The van der Waals surface area contributed by atoms with Crippen LogP contribution in [0.15, 0.2) is 24.5 Å². The zero-order valence-corrected chi connectivity index (χ0v) is 20.6. The Balaban J connectivity index is 2.18. The van der Waals surface area contributed by atoms with Crippen LogP contribution in [0.2, 0.25) is 0 Å². The molecule has 2 rings (SSSR count). The van der Waals surface area contributed by atoms with Gasteiger partial charge >= 0.3 is 0 Å². The molecular formula is C26H38FN3O2. The minimum Gasteiger partial charge on any atom is -0.491 e. The molecule has 2 aromatic rings. The van der Waals surface area contributed by atoms with Gasteiger partial charge in [0.2, 0.25) is 0 Å². The van der Waals surface area contributed by atoms with Gasteiger partial charge in [-0.05, 0) is 56.5 Å². The highest BCUT2D eigenvalue weighted by molar-refractivity contribution is 5.44. The third-order valence-corrected chi connectivity index (χ3v) is 6.32. The topological polar surface area (TPSA) is 56.3 Å². The molecule has 0 saturated carbocycles. The predicted molar refractivity (Wildman–Crippen MR) is 128 cm³/mol. The predicted octanol–water partition coefficient (Wildman–Crippen LogP) is 4.19. The van der Waals surface area contributed by atoms with Crippen LogP contribution in [0.5, 0.6) is 5.75 Å². The summed E-state index contributed by atoms with van der Waals surface area (Å²) < 4.78 is 25.2. The molecule has 0 fully saturated rings. The van der Waals surface area contributed by atoms with Gasteiger partial charge in [-0.15, -0.1) is 0 Å². The Hall–Kier alpha value is -2.47. The van der Waals surface area contributed by atoms with Crippen molar-refractivity contribution in [2.75, 3.05) is 13.7 Å². The van der Waals surface area contributed by atoms with Crippen molar-refractivity contribution in [2.45, 2.75) is 73.7 Å². The zero-order valence-electron chi connectivity index (χ0n) is 20.6. The van der Waals surface area contributed by atoms with Crippen molar-refractivity contribution in [3.8, 4) is 5.75 Å². The van der Waals surface area contributed by atoms with Crippen LogP contribution in [-0.4, -0.2) is 29.9 Å². The van der Waals surface area contributed by atoms with Gasteiger partial charge in [-0.25, -0.2) is 4.39 Å². The van der Waals surface area contributed by atoms with Crippen molar-refractivity contribution in [3.63, 3.8) is 0 Å². The van der Waals surface area contributed by atoms with Crippen LogP contribution < -0.4 is 20.5 Å². The Kier molecular flexibility index (Phi) is 9.63. The van der Waals surface area contributed by atoms with Gasteiger partial charge in [-0.1, -0.05) is 26.3 Å². The van der Waals surface area contributed by atoms with E-state index in [0.717, 1.165) is 28.6 Å². The molecule has 176 valence electrons. The number of ether oxygens (including phenoxy) is 2. The van der Waals surface area contributed by atoms with E-state index in [4.69, 9.17) is 9.47 Å². The van der Waals surface area contributed by atoms with Crippen molar-refractivity contribution < 1.29 is 13.9 Å². The first kappa shape index (κ1) is 25.8. The highest BCUT2D eigenvalue weighted by Gasteiger charge is 2.30. The first-order valence-electron chi connectivity index (χ1n) is 11.3. The van der Waals surface area contributed by atoms with Crippen molar-refractivity contribution in [1.82, 2.24) is 15.3 Å². The number of alkyl halides is 1. The number of hydrogen-bond acceptors (Lipinski definition) is 5. The molecule has 2 heterocycles. The van der Waals surface area contributed by atoms with E-state index in [0.29, 0.717) is 31.9 Å². The quantitative estimate of drug-likeness (QED) is 0.564. The summed E-state index contributed by atoms with van der Waals surface area (Å²) in [5.74, 6) is 0.697. The molecule has 0 spiro atoms. The van der Waals surface area contributed by atoms with E-state index >= 15 is 0 Å². The van der Waals surface area contributed by atoms with E-state index < -0.39 is 11.6 Å². The average molecular weight is 444 g/mol. The van der Waals surface area contributed by atoms with Crippen molar-refractivity contribution in [2.24, 2.45) is 5.41 Å². The Labute approximate surface area is 191 Å². The number of nitrogens with zero attached hydrogens (tertiary/aromatic N) is 2. The Morgan fingerprint density at radius 3 is 2.66 bits per heavy atom. The molecule has 0 aromatic carbocycles. The highest BCUT2D eigenvalue weighted by atomic mass is 19.1. The molecule has 0 radical (unpaired) electrons. The van der Waals surface area contributed by atoms with Crippen molar-refractivity contribution in [3.05, 3.63) is 51.9 Å². The molecule has 2 atom stereocenters. The maximum atomic E-state index is 14.0. The van der Waals surface area contributed by atoms with Crippen LogP contribution >= 0.6 is 0 Å². The molecular weight excluding hydrogens is 405 g/mol. The third kappa shape index (κ3) is 6.52. The second-order valence-corrected chi connectivity index (χ2v) is 8.66. The summed E-state index contributed by atoms with van der Waals surface area (Å²) in [5.41, 5.74) is 3.59. The van der Waals surface area contributed by atoms with Gasteiger partial charge < -0.3 is 14.8 Å². The standard InChI is InChI=1S/C26H38FN3O2/c1-8-18(3)22-10-11-29-24(16-31-7)23(22)14-28-13-21-12-19(4)25(15-30-21)32-17-26(6,9-2)20(5)27/h10-12,14-15,20,28H,8-9,13,16-17H2,1-7H3/b22-18-,23-14+. The maximum absolute atomic E-state index is 14.0. The monoisotopic (exact) mass is 443 g/mol. The lowest BCUT2D eigenvalue weighted by Crippen LogP contribution is -2.34. The normalized spacial score (nSPS) is 15.8. The number of nitrogens with one attached hydrogen (secondary N) is 1. The molecule has 1 N–H and O–H groups in total. The molecule has 0 amide bonds. The number of hydrogen-bond donors (Lipinski definition) is 1. The minimum atomic E-state index is -0.936. The van der Waals surface area contributed by atoms with Gasteiger partial charge in [0, 0.05) is 30.1 Å². The van der Waals surface area contributed by atoms with E-state index in [1.165, 1.54) is 10.8 Å². The van der Waals surface area contributed by atoms with Crippen molar-refractivity contribution in [1.29, 1.82) is 0 Å². The second kappa shape index (κ2) is 12.0. The van der Waals surface area contributed by atoms with E-state index in [2.05, 4.69) is 29.1 Å². The van der Waals surface area contributed by atoms with E-state index in [-0.39, 0.29) is 0 Å². The number of methoxy groups -OCH3 is 1. The van der Waals surface area contributed by atoms with Crippen LogP contribution in [0.25, 0.3) is 11.8 Å². The highest BCUT2D eigenvalue weighted by Crippen LogP contribution is 2.30. The van der Waals surface area contributed by atoms with Gasteiger partial charge in [0.05, 0.1) is 37.3 Å². The molecule has 0 saturated heterocycles. The zero-order chi connectivity index (χ0) is 23.7. The maximum Gasteiger partial charge on any atom is 0.140 e. The molecule has 32 heavy (non-hydrogen) atoms. The van der Waals surface area contributed by atoms with Crippen LogP contribution in [-0.2, 0) is 17.9 Å². The number of rotatable bonds is 11. The number of aromatic nitrogens is 2. The average Bonchev–Trinajstić information content (AvgIpc) is 2.78. The van der Waals surface area contributed by atoms with Crippen LogP contribution in [0.4, 0.5) is 4.39 Å². The summed E-state index contributed by atoms with van der Waals surface area (Å²) >= 11 is 0. The first-order valence-corrected chi connectivity index (χ1v) is 11.3. The third-order valence-electron chi connectivity index (χ3n) is 6.32. The minimum absolute atomic E-state index is 0.328. The fourth-order valence-electron chi connectivity index (χ4n) is 3.34. The molecule has 6 heteroatoms. The van der Waals surface area contributed by atoms with Gasteiger partial charge in [0.1, 0.15) is 11.9 Å². The summed E-state index contributed by atoms with van der Waals surface area (Å²) in [6, 6.07) is 4.05. The fraction of sp³-hybridized carbons (Fsp3) is 0.538. The van der Waals surface area contributed by atoms with Gasteiger partial charge in [-0.2, -0.15) is 0 Å². The van der Waals surface area contributed by atoms with Crippen LogP contribution in [0.3, 0.4) is 0 Å². The fourth-order valence-corrected chi connectivity index (χ4v) is 3.34. The Morgan fingerprint density at radius 1 is 1.31 bits per heavy atom. The number of aryl methyl sites for hydroxylation is 1. The molecule has 0 aliphatic rings. The second-order valence-electron chi connectivity index (χ2n) is 8.66. The van der Waals surface area contributed by atoms with E-state index in [9.17, 15) is 4.39 Å². The summed E-state index contributed by atoms with van der Waals surface area (Å²) in [7, 11) is 1.68. The lowest BCUT2D eigenvalue weighted by atomic mass is 9.84. The Bertz CT molecular complexity index is 1010. The summed E-state index contributed by atoms with van der Waals surface area (Å²) in [6.07, 6.45) is 6.30. The Morgan fingerprint density at radius 2 is 2.06 bits per heavy atom. The van der Waals surface area contributed by atoms with Gasteiger partial charge in [0.25, 0.3) is 0 Å². The lowest BCUT2D eigenvalue weighted by molar-refractivity contribution is 0.0686. The number of pyridine rings is 2. The molecule has 0 aliphatic heterocycles. The smallest absolute Gasteiger partial charge is 0.140 e. The molecule has 0 aliphatic carbocycles. The van der Waals surface area contributed by atoms with Crippen LogP contribution in [0.1, 0.15) is 64.4 Å².